The summed E-state index contributed by atoms with van der Waals surface area (Å²) in [5.74, 6) is 0. The van der Waals surface area contributed by atoms with Crippen LogP contribution < -0.4 is 0 Å². The van der Waals surface area contributed by atoms with Gasteiger partial charge in [0.1, 0.15) is 18.3 Å². The Hall–Kier alpha value is -0.200. The first-order valence-electron chi connectivity index (χ1n) is 4.30. The van der Waals surface area contributed by atoms with E-state index in [1.807, 2.05) is 0 Å². The third kappa shape index (κ3) is 2.00. The summed E-state index contributed by atoms with van der Waals surface area (Å²) in [7, 11) is 1.48. The average molecular weight is 193 g/mol. The molecule has 0 spiro atoms. The van der Waals surface area contributed by atoms with Crippen LogP contribution in [0.5, 0.6) is 0 Å². The third-order valence-corrected chi connectivity index (χ3v) is 2.39. The molecule has 1 rings (SSSR count). The van der Waals surface area contributed by atoms with Gasteiger partial charge >= 0.3 is 0 Å². The van der Waals surface area contributed by atoms with Crippen molar-refractivity contribution in [1.82, 2.24) is 0 Å². The van der Waals surface area contributed by atoms with Crippen LogP contribution in [0.25, 0.3) is 0 Å². The van der Waals surface area contributed by atoms with Gasteiger partial charge < -0.3 is 24.8 Å². The summed E-state index contributed by atoms with van der Waals surface area (Å²) in [6.07, 6.45) is -2.79. The molecule has 1 fully saturated rings. The second-order valence-electron chi connectivity index (χ2n) is 3.28. The number of hydrogen-bond donors (Lipinski definition) is 2. The fraction of sp³-hybridized carbons (Fsp3) is 1.00. The Kier molecular flexibility index (Phi) is 3.63. The van der Waals surface area contributed by atoms with E-state index in [1.54, 1.807) is 6.92 Å². The van der Waals surface area contributed by atoms with E-state index in [0.29, 0.717) is 0 Å². The Morgan fingerprint density at radius 1 is 1.62 bits per heavy atom. The lowest BCUT2D eigenvalue weighted by atomic mass is 10.0. The molecule has 1 aliphatic rings. The molecular weight excluding hydrogens is 176 g/mol. The van der Waals surface area contributed by atoms with Gasteiger partial charge in [-0.05, 0) is 6.92 Å². The van der Waals surface area contributed by atoms with E-state index in [4.69, 9.17) is 19.7 Å². The first kappa shape index (κ1) is 10.9. The summed E-state index contributed by atoms with van der Waals surface area (Å²) in [4.78, 5) is 0. The van der Waals surface area contributed by atoms with Crippen LogP contribution in [0, 0.1) is 0 Å². The van der Waals surface area contributed by atoms with Crippen molar-refractivity contribution in [1.29, 1.82) is 0 Å². The second-order valence-corrected chi connectivity index (χ2v) is 3.28. The summed E-state index contributed by atoms with van der Waals surface area (Å²) in [5.41, 5.74) is 0. The fourth-order valence-corrected chi connectivity index (χ4v) is 1.58. The lowest BCUT2D eigenvalue weighted by Crippen LogP contribution is -2.41. The van der Waals surface area contributed by atoms with Gasteiger partial charge in [0, 0.05) is 7.11 Å². The van der Waals surface area contributed by atoms with Gasteiger partial charge in [-0.1, -0.05) is 0 Å². The number of rotatable bonds is 3. The summed E-state index contributed by atoms with van der Waals surface area (Å²) in [5, 5.41) is 25.7. The molecule has 4 N–H and O–H groups in total. The zero-order valence-corrected chi connectivity index (χ0v) is 7.80. The van der Waals surface area contributed by atoms with Crippen LogP contribution in [0.4, 0.5) is 0 Å². The Bertz CT molecular complexity index is 163. The Morgan fingerprint density at radius 3 is 2.69 bits per heavy atom. The normalized spacial score (nSPS) is 42.2. The van der Waals surface area contributed by atoms with E-state index in [1.165, 1.54) is 7.11 Å². The largest absolute Gasteiger partial charge is 0.439 e. The van der Waals surface area contributed by atoms with Gasteiger partial charge in [-0.3, -0.25) is 0 Å². The van der Waals surface area contributed by atoms with E-state index in [0.717, 1.165) is 0 Å². The topological polar surface area (TPSA) is 81.8 Å². The van der Waals surface area contributed by atoms with Crippen molar-refractivity contribution in [2.75, 3.05) is 13.7 Å². The molecule has 1 aliphatic heterocycles. The van der Waals surface area contributed by atoms with Gasteiger partial charge in [0.25, 0.3) is 0 Å². The quantitative estimate of drug-likeness (QED) is 0.520. The highest BCUT2D eigenvalue weighted by atomic mass is 16.6. The van der Waals surface area contributed by atoms with Gasteiger partial charge in [0.05, 0.1) is 6.61 Å². The highest BCUT2D eigenvalue weighted by Crippen LogP contribution is 2.25. The molecule has 78 valence electrons. The minimum Gasteiger partial charge on any atom is -0.439 e. The summed E-state index contributed by atoms with van der Waals surface area (Å²) in [6.45, 7) is 1.39. The molecule has 5 nitrogen and oxygen atoms in total. The van der Waals surface area contributed by atoms with Crippen molar-refractivity contribution >= 4 is 0 Å². The first-order chi connectivity index (χ1) is 6.11. The second kappa shape index (κ2) is 4.34. The smallest absolute Gasteiger partial charge is 0.209 e. The predicted octanol–water partition coefficient (Wildman–Crippen LogP) is -1.76. The van der Waals surface area contributed by atoms with E-state index in [2.05, 4.69) is 0 Å². The number of ether oxygens (including phenoxy) is 2. The number of methoxy groups -OCH3 is 1. The van der Waals surface area contributed by atoms with Gasteiger partial charge in [-0.2, -0.15) is 0 Å². The van der Waals surface area contributed by atoms with E-state index < -0.39 is 24.4 Å². The van der Waals surface area contributed by atoms with Crippen molar-refractivity contribution in [3.05, 3.63) is 0 Å². The van der Waals surface area contributed by atoms with Crippen LogP contribution >= 0.6 is 0 Å². The zero-order chi connectivity index (χ0) is 10.0. The van der Waals surface area contributed by atoms with E-state index >= 15 is 0 Å². The maximum atomic E-state index is 9.36. The van der Waals surface area contributed by atoms with Crippen molar-refractivity contribution in [3.8, 4) is 0 Å². The molecule has 0 aromatic carbocycles. The lowest BCUT2D eigenvalue weighted by Gasteiger charge is -2.20. The number of aliphatic hydroxyl groups excluding tert-OH is 2. The minimum absolute atomic E-state index is 0.267. The molecule has 0 saturated carbocycles. The zero-order valence-electron chi connectivity index (χ0n) is 7.80. The molecule has 13 heavy (non-hydrogen) atoms. The molecule has 0 amide bonds. The predicted molar refractivity (Wildman–Crippen MR) is 45.6 cm³/mol. The van der Waals surface area contributed by atoms with Crippen molar-refractivity contribution in [2.45, 2.75) is 37.4 Å². The van der Waals surface area contributed by atoms with Crippen LogP contribution in [0.15, 0.2) is 0 Å². The van der Waals surface area contributed by atoms with Gasteiger partial charge in [0.15, 0.2) is 6.10 Å². The highest BCUT2D eigenvalue weighted by molar-refractivity contribution is 4.92. The van der Waals surface area contributed by atoms with Gasteiger partial charge in [-0.25, -0.2) is 0 Å². The summed E-state index contributed by atoms with van der Waals surface area (Å²) in [6, 6.07) is 0. The molecule has 1 heterocycles. The van der Waals surface area contributed by atoms with Crippen LogP contribution in [-0.4, -0.2) is 59.6 Å². The number of aliphatic hydroxyl groups is 2. The van der Waals surface area contributed by atoms with Crippen LogP contribution in [0.1, 0.15) is 6.92 Å². The molecule has 5 heteroatoms. The highest BCUT2D eigenvalue weighted by Gasteiger charge is 2.48. The van der Waals surface area contributed by atoms with Crippen molar-refractivity contribution in [2.24, 2.45) is 0 Å². The molecule has 0 radical (unpaired) electrons. The Labute approximate surface area is 76.9 Å². The van der Waals surface area contributed by atoms with Gasteiger partial charge in [-0.15, -0.1) is 0 Å². The molecule has 5 atom stereocenters. The summed E-state index contributed by atoms with van der Waals surface area (Å²) >= 11 is 0. The lowest BCUT2D eigenvalue weighted by molar-refractivity contribution is -0.0877. The average Bonchev–Trinajstić information content (AvgIpc) is 2.42. The minimum atomic E-state index is -0.970. The van der Waals surface area contributed by atoms with Crippen LogP contribution in [0.2, 0.25) is 0 Å². The molecule has 0 aromatic heterocycles. The SMILES string of the molecule is COC1C([OH2+])C(C)O[C@H]1[C@H](O)CO. The Morgan fingerprint density at radius 2 is 2.23 bits per heavy atom. The molecule has 0 aromatic rings. The maximum absolute atomic E-state index is 9.36. The van der Waals surface area contributed by atoms with Crippen molar-refractivity contribution < 1.29 is 24.8 Å². The molecule has 1 saturated heterocycles. The van der Waals surface area contributed by atoms with Crippen LogP contribution in [-0.2, 0) is 9.47 Å². The van der Waals surface area contributed by atoms with E-state index in [-0.39, 0.29) is 12.7 Å². The monoisotopic (exact) mass is 193 g/mol. The maximum Gasteiger partial charge on any atom is 0.209 e. The summed E-state index contributed by atoms with van der Waals surface area (Å²) < 4.78 is 10.4. The fourth-order valence-electron chi connectivity index (χ4n) is 1.58. The molecule has 0 bridgehead atoms. The molecule has 0 aliphatic carbocycles. The van der Waals surface area contributed by atoms with Gasteiger partial charge in [0.2, 0.25) is 6.10 Å². The number of hydrogen-bond acceptors (Lipinski definition) is 4. The van der Waals surface area contributed by atoms with Crippen molar-refractivity contribution in [3.63, 3.8) is 0 Å². The van der Waals surface area contributed by atoms with Crippen LogP contribution in [0.3, 0.4) is 0 Å². The first-order valence-corrected chi connectivity index (χ1v) is 4.30. The van der Waals surface area contributed by atoms with E-state index in [9.17, 15) is 5.11 Å². The molecular formula is C8H17O5+. The third-order valence-electron chi connectivity index (χ3n) is 2.39. The Balaban J connectivity index is 2.64. The molecule has 3 unspecified atom stereocenters. The standard InChI is InChI=1S/C8H16O5/c1-4-6(11)8(12-2)7(13-4)5(10)3-9/h4-11H,3H2,1-2H3/p+1/t4?,5-,6?,7+,8?/m1/s1.